The molecule has 0 fully saturated rings. The highest BCUT2D eigenvalue weighted by atomic mass is 16.6. The number of hydrogen-bond donors (Lipinski definition) is 0. The SMILES string of the molecule is Cc1oc(=O)oc1Cn1cccn1. The molecule has 2 rings (SSSR count). The molecule has 2 aromatic rings. The molecule has 13 heavy (non-hydrogen) atoms. The first-order chi connectivity index (χ1) is 6.25. The molecule has 68 valence electrons. The Balaban J connectivity index is 2.28. The van der Waals surface area contributed by atoms with E-state index in [1.807, 2.05) is 0 Å². The molecule has 5 nitrogen and oxygen atoms in total. The topological polar surface area (TPSA) is 61.2 Å². The van der Waals surface area contributed by atoms with E-state index in [4.69, 9.17) is 8.83 Å². The minimum Gasteiger partial charge on any atom is -0.396 e. The maximum atomic E-state index is 10.7. The van der Waals surface area contributed by atoms with Gasteiger partial charge in [-0.2, -0.15) is 5.10 Å². The summed E-state index contributed by atoms with van der Waals surface area (Å²) in [4.78, 5) is 10.7. The van der Waals surface area contributed by atoms with Gasteiger partial charge in [0.15, 0.2) is 5.76 Å². The second-order valence-electron chi connectivity index (χ2n) is 2.64. The number of nitrogens with zero attached hydrogens (tertiary/aromatic N) is 2. The highest BCUT2D eigenvalue weighted by Crippen LogP contribution is 2.05. The summed E-state index contributed by atoms with van der Waals surface area (Å²) in [6.45, 7) is 2.11. The lowest BCUT2D eigenvalue weighted by Gasteiger charge is -1.95. The van der Waals surface area contributed by atoms with Gasteiger partial charge >= 0.3 is 5.82 Å². The van der Waals surface area contributed by atoms with Gasteiger partial charge in [-0.1, -0.05) is 0 Å². The lowest BCUT2D eigenvalue weighted by Crippen LogP contribution is -2.00. The molecule has 0 aromatic carbocycles. The van der Waals surface area contributed by atoms with Crippen LogP contribution in [0, 0.1) is 6.92 Å². The van der Waals surface area contributed by atoms with Crippen LogP contribution in [0.1, 0.15) is 11.5 Å². The van der Waals surface area contributed by atoms with E-state index in [1.165, 1.54) is 0 Å². The van der Waals surface area contributed by atoms with E-state index in [-0.39, 0.29) is 0 Å². The van der Waals surface area contributed by atoms with Crippen molar-refractivity contribution in [1.29, 1.82) is 0 Å². The van der Waals surface area contributed by atoms with Crippen molar-refractivity contribution in [3.63, 3.8) is 0 Å². The van der Waals surface area contributed by atoms with Crippen molar-refractivity contribution in [1.82, 2.24) is 9.78 Å². The Morgan fingerprint density at radius 1 is 1.54 bits per heavy atom. The number of rotatable bonds is 2. The molecule has 0 radical (unpaired) electrons. The van der Waals surface area contributed by atoms with Crippen molar-refractivity contribution in [2.24, 2.45) is 0 Å². The van der Waals surface area contributed by atoms with Gasteiger partial charge < -0.3 is 8.83 Å². The van der Waals surface area contributed by atoms with Crippen LogP contribution in [0.15, 0.2) is 32.1 Å². The van der Waals surface area contributed by atoms with E-state index in [2.05, 4.69) is 5.10 Å². The summed E-state index contributed by atoms with van der Waals surface area (Å²) in [5.74, 6) is 0.342. The van der Waals surface area contributed by atoms with Crippen LogP contribution in [0.2, 0.25) is 0 Å². The van der Waals surface area contributed by atoms with Crippen molar-refractivity contribution in [2.75, 3.05) is 0 Å². The molecule has 2 heterocycles. The molecule has 0 atom stereocenters. The van der Waals surface area contributed by atoms with E-state index in [9.17, 15) is 4.79 Å². The summed E-state index contributed by atoms with van der Waals surface area (Å²) in [5.41, 5.74) is 0. The zero-order chi connectivity index (χ0) is 9.26. The highest BCUT2D eigenvalue weighted by Gasteiger charge is 2.08. The molecule has 0 bridgehead atoms. The average Bonchev–Trinajstić information content (AvgIpc) is 2.63. The smallest absolute Gasteiger partial charge is 0.396 e. The van der Waals surface area contributed by atoms with Crippen molar-refractivity contribution in [3.8, 4) is 0 Å². The van der Waals surface area contributed by atoms with Gasteiger partial charge in [-0.3, -0.25) is 4.68 Å². The second-order valence-corrected chi connectivity index (χ2v) is 2.64. The summed E-state index contributed by atoms with van der Waals surface area (Å²) in [5, 5.41) is 3.97. The standard InChI is InChI=1S/C8H8N2O3/c1-6-7(13-8(11)12-6)5-10-4-2-3-9-10/h2-4H,5H2,1H3. The summed E-state index contributed by atoms with van der Waals surface area (Å²) in [6.07, 6.45) is 3.44. The zero-order valence-electron chi connectivity index (χ0n) is 7.06. The lowest BCUT2D eigenvalue weighted by molar-refractivity contribution is 0.365. The fourth-order valence-corrected chi connectivity index (χ4v) is 1.06. The normalized spacial score (nSPS) is 10.5. The third-order valence-corrected chi connectivity index (χ3v) is 1.70. The van der Waals surface area contributed by atoms with Crippen molar-refractivity contribution < 1.29 is 8.83 Å². The summed E-state index contributed by atoms with van der Waals surface area (Å²) in [7, 11) is 0. The summed E-state index contributed by atoms with van der Waals surface area (Å²) < 4.78 is 11.2. The second kappa shape index (κ2) is 2.93. The predicted molar refractivity (Wildman–Crippen MR) is 43.3 cm³/mol. The first-order valence-corrected chi connectivity index (χ1v) is 3.82. The first-order valence-electron chi connectivity index (χ1n) is 3.82. The maximum absolute atomic E-state index is 10.7. The average molecular weight is 180 g/mol. The highest BCUT2D eigenvalue weighted by molar-refractivity contribution is 5.00. The van der Waals surface area contributed by atoms with Gasteiger partial charge in [0, 0.05) is 12.4 Å². The van der Waals surface area contributed by atoms with Crippen LogP contribution in [0.3, 0.4) is 0 Å². The van der Waals surface area contributed by atoms with Crippen LogP contribution in [0.25, 0.3) is 0 Å². The molecule has 2 aromatic heterocycles. The minimum atomic E-state index is -0.667. The molecule has 0 aliphatic rings. The number of aromatic nitrogens is 2. The van der Waals surface area contributed by atoms with E-state index in [0.717, 1.165) is 0 Å². The maximum Gasteiger partial charge on any atom is 0.519 e. The Morgan fingerprint density at radius 2 is 2.38 bits per heavy atom. The Labute approximate surface area is 73.6 Å². The summed E-state index contributed by atoms with van der Waals surface area (Å²) in [6, 6.07) is 1.80. The minimum absolute atomic E-state index is 0.421. The number of hydrogen-bond acceptors (Lipinski definition) is 4. The molecule has 0 aliphatic heterocycles. The molecule has 0 N–H and O–H groups in total. The molecular weight excluding hydrogens is 172 g/mol. The van der Waals surface area contributed by atoms with Crippen molar-refractivity contribution in [3.05, 3.63) is 40.6 Å². The fourth-order valence-electron chi connectivity index (χ4n) is 1.06. The van der Waals surface area contributed by atoms with Gasteiger partial charge in [-0.25, -0.2) is 4.79 Å². The Bertz CT molecular complexity index is 438. The van der Waals surface area contributed by atoms with E-state index < -0.39 is 5.82 Å². The quantitative estimate of drug-likeness (QED) is 0.685. The third kappa shape index (κ3) is 1.53. The van der Waals surface area contributed by atoms with Crippen LogP contribution in [-0.4, -0.2) is 9.78 Å². The third-order valence-electron chi connectivity index (χ3n) is 1.70. The van der Waals surface area contributed by atoms with Gasteiger partial charge in [0.2, 0.25) is 0 Å². The molecule has 0 unspecified atom stereocenters. The van der Waals surface area contributed by atoms with Crippen molar-refractivity contribution in [2.45, 2.75) is 13.5 Å². The van der Waals surface area contributed by atoms with Crippen LogP contribution in [0.4, 0.5) is 0 Å². The Hall–Kier alpha value is -1.78. The molecule has 0 amide bonds. The lowest BCUT2D eigenvalue weighted by atomic mass is 10.4. The summed E-state index contributed by atoms with van der Waals surface area (Å²) >= 11 is 0. The monoisotopic (exact) mass is 180 g/mol. The molecule has 0 saturated heterocycles. The molecule has 5 heteroatoms. The Kier molecular flexibility index (Phi) is 1.77. The van der Waals surface area contributed by atoms with E-state index in [0.29, 0.717) is 18.1 Å². The van der Waals surface area contributed by atoms with Gasteiger partial charge in [0.05, 0.1) is 0 Å². The molecule has 0 aliphatic carbocycles. The van der Waals surface area contributed by atoms with Crippen LogP contribution >= 0.6 is 0 Å². The van der Waals surface area contributed by atoms with Gasteiger partial charge in [-0.15, -0.1) is 0 Å². The molecule has 0 saturated carbocycles. The zero-order valence-corrected chi connectivity index (χ0v) is 7.06. The molecule has 0 spiro atoms. The molecular formula is C8H8N2O3. The van der Waals surface area contributed by atoms with Crippen LogP contribution in [-0.2, 0) is 6.54 Å². The van der Waals surface area contributed by atoms with E-state index in [1.54, 1.807) is 30.1 Å². The van der Waals surface area contributed by atoms with Gasteiger partial charge in [-0.05, 0) is 13.0 Å². The van der Waals surface area contributed by atoms with Crippen LogP contribution in [0.5, 0.6) is 0 Å². The predicted octanol–water partition coefficient (Wildman–Crippen LogP) is 0.786. The van der Waals surface area contributed by atoms with E-state index >= 15 is 0 Å². The van der Waals surface area contributed by atoms with Gasteiger partial charge in [0.1, 0.15) is 12.3 Å². The Morgan fingerprint density at radius 3 is 2.92 bits per heavy atom. The first kappa shape index (κ1) is 7.85. The fraction of sp³-hybridized carbons (Fsp3) is 0.250. The largest absolute Gasteiger partial charge is 0.519 e. The van der Waals surface area contributed by atoms with Gasteiger partial charge in [0.25, 0.3) is 0 Å². The van der Waals surface area contributed by atoms with Crippen LogP contribution < -0.4 is 5.82 Å². The van der Waals surface area contributed by atoms with Crippen molar-refractivity contribution >= 4 is 0 Å². The number of aryl methyl sites for hydroxylation is 1.